The summed E-state index contributed by atoms with van der Waals surface area (Å²) in [4.78, 5) is 4.91. The van der Waals surface area contributed by atoms with Crippen LogP contribution in [0.15, 0.2) is 231 Å². The van der Waals surface area contributed by atoms with Crippen molar-refractivity contribution in [1.29, 1.82) is 0 Å². The predicted molar refractivity (Wildman–Crippen MR) is 275 cm³/mol. The van der Waals surface area contributed by atoms with Crippen molar-refractivity contribution < 1.29 is 4.74 Å². The molecule has 0 N–H and O–H groups in total. The van der Waals surface area contributed by atoms with Gasteiger partial charge in [0.1, 0.15) is 5.75 Å². The van der Waals surface area contributed by atoms with E-state index in [-0.39, 0.29) is 0 Å². The van der Waals surface area contributed by atoms with Crippen molar-refractivity contribution in [2.24, 2.45) is 0 Å². The summed E-state index contributed by atoms with van der Waals surface area (Å²) in [6, 6.07) is 81.2. The molecule has 1 aliphatic heterocycles. The summed E-state index contributed by atoms with van der Waals surface area (Å²) in [5, 5.41) is 2.43. The highest BCUT2D eigenvalue weighted by molar-refractivity contribution is 6.15. The second kappa shape index (κ2) is 15.7. The quantitative estimate of drug-likeness (QED) is 0.144. The van der Waals surface area contributed by atoms with Crippen LogP contribution in [0.2, 0.25) is 0 Å². The fraction of sp³-hybridized carbons (Fsp3) is 0.0476. The molecule has 10 aromatic rings. The van der Waals surface area contributed by atoms with Gasteiger partial charge < -0.3 is 14.5 Å². The summed E-state index contributed by atoms with van der Waals surface area (Å²) in [5.41, 5.74) is 21.5. The summed E-state index contributed by atoms with van der Waals surface area (Å²) in [6.45, 7) is 0. The number of hydrogen-bond donors (Lipinski definition) is 0. The van der Waals surface area contributed by atoms with Gasteiger partial charge in [-0.2, -0.15) is 0 Å². The van der Waals surface area contributed by atoms with Gasteiger partial charge in [0.25, 0.3) is 0 Å². The first-order valence-corrected chi connectivity index (χ1v) is 23.0. The smallest absolute Gasteiger partial charge is 0.160 e. The van der Waals surface area contributed by atoms with E-state index in [0.29, 0.717) is 0 Å². The molecule has 0 atom stereocenters. The Morgan fingerprint density at radius 1 is 0.394 bits per heavy atom. The zero-order chi connectivity index (χ0) is 43.6. The lowest BCUT2D eigenvalue weighted by Crippen LogP contribution is -2.20. The second-order valence-corrected chi connectivity index (χ2v) is 17.5. The Morgan fingerprint density at radius 2 is 0.894 bits per heavy atom. The number of allylic oxidation sites excluding steroid dienone is 1. The van der Waals surface area contributed by atoms with E-state index in [9.17, 15) is 0 Å². The number of anilines is 5. The molecular formula is C63H44N2O. The van der Waals surface area contributed by atoms with Gasteiger partial charge in [-0.15, -0.1) is 0 Å². The molecule has 3 nitrogen and oxygen atoms in total. The molecule has 0 bridgehead atoms. The van der Waals surface area contributed by atoms with Gasteiger partial charge in [0, 0.05) is 45.7 Å². The van der Waals surface area contributed by atoms with Gasteiger partial charge in [-0.1, -0.05) is 182 Å². The number of fused-ring (bicyclic) bond motifs is 5. The highest BCUT2D eigenvalue weighted by Crippen LogP contribution is 2.61. The van der Waals surface area contributed by atoms with Crippen molar-refractivity contribution in [3.05, 3.63) is 253 Å². The Bertz CT molecular complexity index is 3400. The summed E-state index contributed by atoms with van der Waals surface area (Å²) in [7, 11) is 0. The molecule has 0 radical (unpaired) electrons. The third-order valence-corrected chi connectivity index (χ3v) is 13.6. The molecule has 312 valence electrons. The summed E-state index contributed by atoms with van der Waals surface area (Å²) in [5.74, 6) is 1.77. The van der Waals surface area contributed by atoms with Crippen LogP contribution in [0, 0.1) is 0 Å². The normalized spacial score (nSPS) is 12.9. The predicted octanol–water partition coefficient (Wildman–Crippen LogP) is 17.1. The summed E-state index contributed by atoms with van der Waals surface area (Å²) < 4.78 is 7.49. The topological polar surface area (TPSA) is 15.7 Å². The first-order chi connectivity index (χ1) is 32.7. The fourth-order valence-corrected chi connectivity index (χ4v) is 10.4. The first kappa shape index (κ1) is 38.1. The van der Waals surface area contributed by atoms with Gasteiger partial charge in [0.05, 0.1) is 11.4 Å². The van der Waals surface area contributed by atoms with Crippen LogP contribution in [0.5, 0.6) is 11.5 Å². The van der Waals surface area contributed by atoms with E-state index in [4.69, 9.17) is 4.74 Å². The average Bonchev–Trinajstić information content (AvgIpc) is 4.20. The molecule has 66 heavy (non-hydrogen) atoms. The number of benzene rings is 10. The van der Waals surface area contributed by atoms with Crippen LogP contribution >= 0.6 is 0 Å². The van der Waals surface area contributed by atoms with Crippen LogP contribution in [0.4, 0.5) is 28.4 Å². The lowest BCUT2D eigenvalue weighted by atomic mass is 9.90. The standard InChI is InChI=1S/C63H44N2O/c1-4-15-42(16-5-1)45-29-35-49(36-30-45)64(50-37-31-46(32-38-50)43-17-6-2-7-18-43)58-27-14-28-59-61(58)54-25-13-24-53-55-41-56(55)62(63(66-59)60(53)54)65(57-26-12-22-48-21-10-11-23-52(48)57)51-39-33-47(34-40-51)44-19-8-3-9-20-44/h1-11,13-21,23-40H,12,22,41H2. The van der Waals surface area contributed by atoms with Crippen molar-refractivity contribution in [3.63, 3.8) is 0 Å². The van der Waals surface area contributed by atoms with Crippen molar-refractivity contribution in [3.8, 4) is 56.0 Å². The van der Waals surface area contributed by atoms with Crippen LogP contribution < -0.4 is 14.5 Å². The van der Waals surface area contributed by atoms with Gasteiger partial charge in [-0.25, -0.2) is 0 Å². The molecule has 2 aliphatic carbocycles. The van der Waals surface area contributed by atoms with E-state index >= 15 is 0 Å². The Kier molecular flexibility index (Phi) is 9.06. The lowest BCUT2D eigenvalue weighted by molar-refractivity contribution is 0.488. The van der Waals surface area contributed by atoms with Crippen LogP contribution in [0.1, 0.15) is 28.7 Å². The molecule has 0 unspecified atom stereocenters. The summed E-state index contributed by atoms with van der Waals surface area (Å²) in [6.07, 6.45) is 5.36. The largest absolute Gasteiger partial charge is 0.454 e. The maximum atomic E-state index is 7.49. The number of aryl methyl sites for hydroxylation is 1. The molecule has 0 amide bonds. The average molecular weight is 845 g/mol. The monoisotopic (exact) mass is 844 g/mol. The second-order valence-electron chi connectivity index (χ2n) is 17.5. The maximum Gasteiger partial charge on any atom is 0.160 e. The van der Waals surface area contributed by atoms with E-state index in [2.05, 4.69) is 240 Å². The molecule has 1 heterocycles. The molecule has 3 aliphatic rings. The Morgan fingerprint density at radius 3 is 1.48 bits per heavy atom. The molecule has 0 saturated carbocycles. The number of hydrogen-bond acceptors (Lipinski definition) is 3. The van der Waals surface area contributed by atoms with E-state index in [0.717, 1.165) is 70.1 Å². The fourth-order valence-electron chi connectivity index (χ4n) is 10.4. The van der Waals surface area contributed by atoms with Crippen molar-refractivity contribution in [2.75, 3.05) is 9.80 Å². The number of nitrogens with zero attached hydrogens (tertiary/aromatic N) is 2. The van der Waals surface area contributed by atoms with E-state index in [1.54, 1.807) is 0 Å². The van der Waals surface area contributed by atoms with E-state index < -0.39 is 0 Å². The summed E-state index contributed by atoms with van der Waals surface area (Å²) >= 11 is 0. The van der Waals surface area contributed by atoms with Crippen molar-refractivity contribution >= 4 is 44.9 Å². The minimum absolute atomic E-state index is 0.846. The van der Waals surface area contributed by atoms with Crippen LogP contribution in [-0.2, 0) is 12.8 Å². The highest BCUT2D eigenvalue weighted by atomic mass is 16.5. The molecule has 13 rings (SSSR count). The molecule has 0 fully saturated rings. The number of ether oxygens (including phenoxy) is 1. The van der Waals surface area contributed by atoms with Gasteiger partial charge in [0.15, 0.2) is 5.75 Å². The minimum Gasteiger partial charge on any atom is -0.454 e. The molecule has 3 heteroatoms. The molecule has 10 aromatic carbocycles. The molecule has 0 saturated heterocycles. The van der Waals surface area contributed by atoms with Crippen LogP contribution in [0.25, 0.3) is 61.0 Å². The lowest BCUT2D eigenvalue weighted by Gasteiger charge is -2.35. The van der Waals surface area contributed by atoms with Crippen molar-refractivity contribution in [1.82, 2.24) is 0 Å². The Labute approximate surface area is 385 Å². The first-order valence-electron chi connectivity index (χ1n) is 23.0. The minimum atomic E-state index is 0.846. The van der Waals surface area contributed by atoms with Gasteiger partial charge >= 0.3 is 0 Å². The van der Waals surface area contributed by atoms with Gasteiger partial charge in [0.2, 0.25) is 0 Å². The molecule has 0 spiro atoms. The van der Waals surface area contributed by atoms with E-state index in [1.165, 1.54) is 72.3 Å². The van der Waals surface area contributed by atoms with Crippen molar-refractivity contribution in [2.45, 2.75) is 19.3 Å². The zero-order valence-corrected chi connectivity index (χ0v) is 36.4. The van der Waals surface area contributed by atoms with Gasteiger partial charge in [-0.3, -0.25) is 0 Å². The van der Waals surface area contributed by atoms with Gasteiger partial charge in [-0.05, 0) is 122 Å². The maximum absolute atomic E-state index is 7.49. The Balaban J connectivity index is 1.000. The Hall–Kier alpha value is -8.40. The molecular weight excluding hydrogens is 801 g/mol. The van der Waals surface area contributed by atoms with E-state index in [1.807, 2.05) is 0 Å². The number of rotatable bonds is 9. The van der Waals surface area contributed by atoms with Crippen LogP contribution in [-0.4, -0.2) is 0 Å². The third kappa shape index (κ3) is 6.43. The molecule has 0 aromatic heterocycles. The van der Waals surface area contributed by atoms with Crippen LogP contribution in [0.3, 0.4) is 0 Å². The zero-order valence-electron chi connectivity index (χ0n) is 36.4. The highest BCUT2D eigenvalue weighted by Gasteiger charge is 2.39. The third-order valence-electron chi connectivity index (χ3n) is 13.6. The SMILES string of the molecule is C1=C(N(c2ccc(-c3ccccc3)cc2)c2c3c(c4cccc5c4c2Oc2cccc(N(c4ccc(-c6ccccc6)cc4)c4ccc(-c6ccccc6)cc4)c2-5)C3)c2ccccc2CC1.